The molecule has 1 amide bonds. The van der Waals surface area contributed by atoms with Crippen molar-refractivity contribution >= 4 is 51.8 Å². The van der Waals surface area contributed by atoms with Crippen LogP contribution in [0.3, 0.4) is 0 Å². The molecule has 0 heterocycles. The smallest absolute Gasteiger partial charge is 0.223 e. The van der Waals surface area contributed by atoms with Crippen LogP contribution in [0, 0.1) is 5.92 Å². The molecule has 0 saturated heterocycles. The molecule has 3 N–H and O–H groups in total. The number of hydrogen-bond acceptors (Lipinski definition) is 2. The van der Waals surface area contributed by atoms with E-state index in [1.54, 1.807) is 0 Å². The Kier molecular flexibility index (Phi) is 9.53. The van der Waals surface area contributed by atoms with Crippen LogP contribution in [0.5, 0.6) is 0 Å². The van der Waals surface area contributed by atoms with Crippen molar-refractivity contribution in [2.75, 3.05) is 26.2 Å². The van der Waals surface area contributed by atoms with Crippen molar-refractivity contribution in [3.63, 3.8) is 0 Å². The van der Waals surface area contributed by atoms with Gasteiger partial charge in [-0.3, -0.25) is 9.79 Å². The molecule has 0 aliphatic heterocycles. The maximum absolute atomic E-state index is 11.8. The lowest BCUT2D eigenvalue weighted by molar-refractivity contribution is -0.127. The average molecular weight is 563 g/mol. The highest BCUT2D eigenvalue weighted by atomic mass is 127. The lowest BCUT2D eigenvalue weighted by Crippen LogP contribution is -2.40. The lowest BCUT2D eigenvalue weighted by atomic mass is 9.85. The largest absolute Gasteiger partial charge is 0.357 e. The van der Waals surface area contributed by atoms with E-state index < -0.39 is 0 Å². The first-order valence-corrected chi connectivity index (χ1v) is 11.0. The Labute approximate surface area is 194 Å². The number of benzene rings is 1. The molecular formula is C21H32BrIN4O. The number of nitrogens with one attached hydrogen (secondary N) is 3. The molecular weight excluding hydrogens is 531 g/mol. The van der Waals surface area contributed by atoms with Gasteiger partial charge in [-0.15, -0.1) is 24.0 Å². The summed E-state index contributed by atoms with van der Waals surface area (Å²) in [5.41, 5.74) is 1.54. The van der Waals surface area contributed by atoms with Crippen molar-refractivity contribution in [2.45, 2.75) is 50.9 Å². The van der Waals surface area contributed by atoms with E-state index in [9.17, 15) is 4.79 Å². The topological polar surface area (TPSA) is 65.5 Å². The highest BCUT2D eigenvalue weighted by Crippen LogP contribution is 2.50. The van der Waals surface area contributed by atoms with Crippen molar-refractivity contribution in [1.29, 1.82) is 0 Å². The fourth-order valence-corrected chi connectivity index (χ4v) is 4.15. The number of carbonyl (C=O) groups is 1. The molecule has 2 aliphatic rings. The molecule has 1 aromatic rings. The second-order valence-corrected chi connectivity index (χ2v) is 8.51. The third-order valence-electron chi connectivity index (χ3n) is 5.60. The van der Waals surface area contributed by atoms with Crippen LogP contribution in [0.15, 0.2) is 33.7 Å². The van der Waals surface area contributed by atoms with E-state index in [0.717, 1.165) is 51.4 Å². The molecule has 2 aliphatic carbocycles. The standard InChI is InChI=1S/C21H31BrN4O.HI/c1-2-23-20(25-14-6-13-24-19(27)16-7-5-8-16)26-15-21(11-12-21)17-9-3-4-10-18(17)22;/h3-4,9-10,16H,2,5-8,11-15H2,1H3,(H,24,27)(H2,23,25,26);1H. The van der Waals surface area contributed by atoms with E-state index in [4.69, 9.17) is 4.99 Å². The van der Waals surface area contributed by atoms with Gasteiger partial charge >= 0.3 is 0 Å². The molecule has 3 rings (SSSR count). The molecule has 28 heavy (non-hydrogen) atoms. The fourth-order valence-electron chi connectivity index (χ4n) is 3.45. The van der Waals surface area contributed by atoms with Crippen LogP contribution in [0.25, 0.3) is 0 Å². The minimum Gasteiger partial charge on any atom is -0.357 e. The van der Waals surface area contributed by atoms with Crippen molar-refractivity contribution < 1.29 is 4.79 Å². The Morgan fingerprint density at radius 2 is 1.89 bits per heavy atom. The van der Waals surface area contributed by atoms with Crippen LogP contribution in [-0.4, -0.2) is 38.0 Å². The summed E-state index contributed by atoms with van der Waals surface area (Å²) in [4.78, 5) is 16.7. The Hall–Kier alpha value is -0.830. The number of guanidine groups is 1. The van der Waals surface area contributed by atoms with Crippen molar-refractivity contribution in [1.82, 2.24) is 16.0 Å². The van der Waals surface area contributed by atoms with E-state index in [2.05, 4.69) is 63.1 Å². The first kappa shape index (κ1) is 23.4. The Balaban J connectivity index is 0.00000280. The van der Waals surface area contributed by atoms with Gasteiger partial charge in [-0.05, 0) is 50.7 Å². The second kappa shape index (κ2) is 11.4. The van der Waals surface area contributed by atoms with E-state index in [-0.39, 0.29) is 41.2 Å². The second-order valence-electron chi connectivity index (χ2n) is 7.65. The predicted octanol–water partition coefficient (Wildman–Crippen LogP) is 3.96. The van der Waals surface area contributed by atoms with Gasteiger partial charge < -0.3 is 16.0 Å². The minimum atomic E-state index is 0. The van der Waals surface area contributed by atoms with Crippen LogP contribution in [0.4, 0.5) is 0 Å². The van der Waals surface area contributed by atoms with Gasteiger partial charge in [-0.2, -0.15) is 0 Å². The van der Waals surface area contributed by atoms with Gasteiger partial charge in [0.1, 0.15) is 0 Å². The number of amides is 1. The highest BCUT2D eigenvalue weighted by molar-refractivity contribution is 14.0. The first-order valence-electron chi connectivity index (χ1n) is 10.2. The SMILES string of the molecule is CCNC(=NCC1(c2ccccc2Br)CC1)NCCCNC(=O)C1CCC1.I. The molecule has 0 aromatic heterocycles. The zero-order chi connectivity index (χ0) is 19.1. The summed E-state index contributed by atoms with van der Waals surface area (Å²) in [6.45, 7) is 5.24. The maximum Gasteiger partial charge on any atom is 0.223 e. The summed E-state index contributed by atoms with van der Waals surface area (Å²) >= 11 is 3.69. The average Bonchev–Trinajstić information content (AvgIpc) is 3.39. The van der Waals surface area contributed by atoms with E-state index in [1.807, 2.05) is 0 Å². The number of carbonyl (C=O) groups excluding carboxylic acids is 1. The van der Waals surface area contributed by atoms with Crippen LogP contribution in [0.1, 0.15) is 51.0 Å². The van der Waals surface area contributed by atoms with Gasteiger partial charge in [0.15, 0.2) is 5.96 Å². The maximum atomic E-state index is 11.8. The first-order chi connectivity index (χ1) is 13.1. The Morgan fingerprint density at radius 3 is 2.50 bits per heavy atom. The molecule has 2 saturated carbocycles. The van der Waals surface area contributed by atoms with Gasteiger partial charge in [-0.1, -0.05) is 40.5 Å². The Morgan fingerprint density at radius 1 is 1.18 bits per heavy atom. The summed E-state index contributed by atoms with van der Waals surface area (Å²) in [5.74, 6) is 1.36. The van der Waals surface area contributed by atoms with E-state index >= 15 is 0 Å². The summed E-state index contributed by atoms with van der Waals surface area (Å²) in [6, 6.07) is 8.48. The number of hydrogen-bond donors (Lipinski definition) is 3. The van der Waals surface area contributed by atoms with Crippen LogP contribution in [0.2, 0.25) is 0 Å². The highest BCUT2D eigenvalue weighted by Gasteiger charge is 2.45. The van der Waals surface area contributed by atoms with Crippen LogP contribution >= 0.6 is 39.9 Å². The van der Waals surface area contributed by atoms with Gasteiger partial charge in [0, 0.05) is 35.4 Å². The molecule has 0 radical (unpaired) electrons. The van der Waals surface area contributed by atoms with Crippen molar-refractivity contribution in [2.24, 2.45) is 10.9 Å². The summed E-state index contributed by atoms with van der Waals surface area (Å²) in [6.07, 6.45) is 6.58. The molecule has 0 atom stereocenters. The number of halogens is 2. The molecule has 0 unspecified atom stereocenters. The number of aliphatic imine (C=N–C) groups is 1. The molecule has 5 nitrogen and oxygen atoms in total. The third kappa shape index (κ3) is 6.34. The van der Waals surface area contributed by atoms with Gasteiger partial charge in [0.2, 0.25) is 5.91 Å². The van der Waals surface area contributed by atoms with Gasteiger partial charge in [-0.25, -0.2) is 0 Å². The third-order valence-corrected chi connectivity index (χ3v) is 6.30. The molecule has 156 valence electrons. The predicted molar refractivity (Wildman–Crippen MR) is 129 cm³/mol. The van der Waals surface area contributed by atoms with Crippen LogP contribution < -0.4 is 16.0 Å². The van der Waals surface area contributed by atoms with E-state index in [1.165, 1.54) is 29.3 Å². The number of nitrogens with zero attached hydrogens (tertiary/aromatic N) is 1. The zero-order valence-electron chi connectivity index (χ0n) is 16.6. The minimum absolute atomic E-state index is 0. The molecule has 0 bridgehead atoms. The molecule has 0 spiro atoms. The normalized spacial score (nSPS) is 17.9. The van der Waals surface area contributed by atoms with Crippen molar-refractivity contribution in [3.05, 3.63) is 34.3 Å². The van der Waals surface area contributed by atoms with Gasteiger partial charge in [0.05, 0.1) is 6.54 Å². The molecule has 1 aromatic carbocycles. The molecule has 2 fully saturated rings. The Bertz CT molecular complexity index is 674. The van der Waals surface area contributed by atoms with Crippen LogP contribution in [-0.2, 0) is 10.2 Å². The summed E-state index contributed by atoms with van der Waals surface area (Å²) in [7, 11) is 0. The number of rotatable bonds is 9. The summed E-state index contributed by atoms with van der Waals surface area (Å²) in [5, 5.41) is 9.76. The van der Waals surface area contributed by atoms with Crippen molar-refractivity contribution in [3.8, 4) is 0 Å². The fraction of sp³-hybridized carbons (Fsp3) is 0.619. The lowest BCUT2D eigenvalue weighted by Gasteiger charge is -2.24. The zero-order valence-corrected chi connectivity index (χ0v) is 20.5. The van der Waals surface area contributed by atoms with Gasteiger partial charge in [0.25, 0.3) is 0 Å². The monoisotopic (exact) mass is 562 g/mol. The quantitative estimate of drug-likeness (QED) is 0.185. The molecule has 7 heteroatoms. The van der Waals surface area contributed by atoms with E-state index in [0.29, 0.717) is 0 Å². The summed E-state index contributed by atoms with van der Waals surface area (Å²) < 4.78 is 1.18.